The summed E-state index contributed by atoms with van der Waals surface area (Å²) in [6, 6.07) is 0.918. The second-order valence-corrected chi connectivity index (χ2v) is 4.16. The predicted octanol–water partition coefficient (Wildman–Crippen LogP) is 1.64. The molecule has 2 aliphatic rings. The summed E-state index contributed by atoms with van der Waals surface area (Å²) in [7, 11) is 0. The van der Waals surface area contributed by atoms with Crippen LogP contribution < -0.4 is 5.32 Å². The van der Waals surface area contributed by atoms with Crippen LogP contribution in [0.2, 0.25) is 0 Å². The fraction of sp³-hybridized carbons (Fsp3) is 1.00. The molecule has 0 bridgehead atoms. The van der Waals surface area contributed by atoms with E-state index >= 15 is 0 Å². The Morgan fingerprint density at radius 1 is 1.40 bits per heavy atom. The molecule has 0 aromatic rings. The molecule has 1 saturated carbocycles. The van der Waals surface area contributed by atoms with Crippen molar-refractivity contribution in [2.75, 3.05) is 6.54 Å². The summed E-state index contributed by atoms with van der Waals surface area (Å²) in [6.07, 6.45) is 2.88. The summed E-state index contributed by atoms with van der Waals surface area (Å²) in [5.74, 6) is 3.00. The van der Waals surface area contributed by atoms with Gasteiger partial charge < -0.3 is 5.32 Å². The van der Waals surface area contributed by atoms with E-state index in [4.69, 9.17) is 0 Å². The molecule has 1 N–H and O–H groups in total. The largest absolute Gasteiger partial charge is 0.314 e. The van der Waals surface area contributed by atoms with Crippen LogP contribution in [0, 0.1) is 17.8 Å². The number of hydrogen-bond acceptors (Lipinski definition) is 1. The van der Waals surface area contributed by atoms with Crippen molar-refractivity contribution in [3.63, 3.8) is 0 Å². The first-order valence-corrected chi connectivity index (χ1v) is 4.52. The van der Waals surface area contributed by atoms with Crippen LogP contribution in [0.1, 0.15) is 26.7 Å². The smallest absolute Gasteiger partial charge is 0.0102 e. The molecular weight excluding hydrogens is 122 g/mol. The van der Waals surface area contributed by atoms with Crippen LogP contribution in [0.15, 0.2) is 0 Å². The van der Waals surface area contributed by atoms with Gasteiger partial charge in [-0.05, 0) is 37.1 Å². The van der Waals surface area contributed by atoms with Gasteiger partial charge >= 0.3 is 0 Å². The topological polar surface area (TPSA) is 12.0 Å². The molecule has 0 radical (unpaired) electrons. The molecule has 1 aliphatic heterocycles. The van der Waals surface area contributed by atoms with Crippen LogP contribution in [-0.4, -0.2) is 12.6 Å². The minimum atomic E-state index is 0.914. The van der Waals surface area contributed by atoms with E-state index < -0.39 is 0 Å². The zero-order valence-electron chi connectivity index (χ0n) is 6.93. The minimum absolute atomic E-state index is 0.914. The Morgan fingerprint density at radius 3 is 2.80 bits per heavy atom. The molecule has 3 unspecified atom stereocenters. The molecule has 2 fully saturated rings. The highest BCUT2D eigenvalue weighted by Gasteiger charge is 2.45. The van der Waals surface area contributed by atoms with Crippen LogP contribution in [0.4, 0.5) is 0 Å². The van der Waals surface area contributed by atoms with Gasteiger partial charge in [-0.3, -0.25) is 0 Å². The number of fused-ring (bicyclic) bond motifs is 1. The molecule has 0 aromatic carbocycles. The average molecular weight is 139 g/mol. The number of rotatable bonds is 1. The third-order valence-electron chi connectivity index (χ3n) is 3.13. The second kappa shape index (κ2) is 2.23. The summed E-state index contributed by atoms with van der Waals surface area (Å²) in [5, 5.41) is 3.54. The predicted molar refractivity (Wildman–Crippen MR) is 42.8 cm³/mol. The summed E-state index contributed by atoms with van der Waals surface area (Å²) in [5.41, 5.74) is 0. The minimum Gasteiger partial charge on any atom is -0.314 e. The summed E-state index contributed by atoms with van der Waals surface area (Å²) in [4.78, 5) is 0. The Bertz CT molecular complexity index is 131. The SMILES string of the molecule is CC(C)C1CCNC2CC21. The molecule has 58 valence electrons. The maximum Gasteiger partial charge on any atom is 0.0102 e. The fourth-order valence-electron chi connectivity index (χ4n) is 2.40. The summed E-state index contributed by atoms with van der Waals surface area (Å²) < 4.78 is 0. The first kappa shape index (κ1) is 6.66. The molecule has 1 aliphatic carbocycles. The van der Waals surface area contributed by atoms with E-state index in [0.717, 1.165) is 23.8 Å². The summed E-state index contributed by atoms with van der Waals surface area (Å²) >= 11 is 0. The lowest BCUT2D eigenvalue weighted by Gasteiger charge is -2.25. The number of nitrogens with one attached hydrogen (secondary N) is 1. The van der Waals surface area contributed by atoms with Crippen molar-refractivity contribution in [2.45, 2.75) is 32.7 Å². The Hall–Kier alpha value is -0.0400. The Balaban J connectivity index is 1.96. The molecule has 1 heterocycles. The molecule has 0 aromatic heterocycles. The quantitative estimate of drug-likeness (QED) is 0.582. The van der Waals surface area contributed by atoms with Gasteiger partial charge in [-0.15, -0.1) is 0 Å². The van der Waals surface area contributed by atoms with Gasteiger partial charge in [-0.2, -0.15) is 0 Å². The molecule has 3 atom stereocenters. The van der Waals surface area contributed by atoms with Gasteiger partial charge in [0.25, 0.3) is 0 Å². The molecule has 1 saturated heterocycles. The molecule has 1 nitrogen and oxygen atoms in total. The highest BCUT2D eigenvalue weighted by molar-refractivity contribution is 5.01. The molecule has 2 rings (SSSR count). The van der Waals surface area contributed by atoms with E-state index in [2.05, 4.69) is 19.2 Å². The fourth-order valence-corrected chi connectivity index (χ4v) is 2.40. The molecule has 0 spiro atoms. The zero-order valence-corrected chi connectivity index (χ0v) is 6.93. The van der Waals surface area contributed by atoms with Gasteiger partial charge in [-0.1, -0.05) is 13.8 Å². The Morgan fingerprint density at radius 2 is 2.20 bits per heavy atom. The Kier molecular flexibility index (Phi) is 1.48. The Labute approximate surface area is 63.2 Å². The van der Waals surface area contributed by atoms with Crippen molar-refractivity contribution in [3.8, 4) is 0 Å². The van der Waals surface area contributed by atoms with E-state index in [0.29, 0.717) is 0 Å². The molecule has 0 amide bonds. The lowest BCUT2D eigenvalue weighted by Crippen LogP contribution is -2.31. The maximum atomic E-state index is 3.54. The van der Waals surface area contributed by atoms with Crippen molar-refractivity contribution in [3.05, 3.63) is 0 Å². The van der Waals surface area contributed by atoms with Gasteiger partial charge in [-0.25, -0.2) is 0 Å². The van der Waals surface area contributed by atoms with Gasteiger partial charge in [0, 0.05) is 6.04 Å². The zero-order chi connectivity index (χ0) is 7.14. The monoisotopic (exact) mass is 139 g/mol. The van der Waals surface area contributed by atoms with Crippen molar-refractivity contribution in [1.82, 2.24) is 5.32 Å². The lowest BCUT2D eigenvalue weighted by atomic mass is 9.86. The van der Waals surface area contributed by atoms with E-state index in [9.17, 15) is 0 Å². The molecular formula is C9H17N. The van der Waals surface area contributed by atoms with E-state index in [1.165, 1.54) is 19.4 Å². The lowest BCUT2D eigenvalue weighted by molar-refractivity contribution is 0.273. The van der Waals surface area contributed by atoms with Crippen molar-refractivity contribution < 1.29 is 0 Å². The number of piperidine rings is 1. The maximum absolute atomic E-state index is 3.54. The highest BCUT2D eigenvalue weighted by Crippen LogP contribution is 2.44. The van der Waals surface area contributed by atoms with Crippen molar-refractivity contribution in [2.24, 2.45) is 17.8 Å². The van der Waals surface area contributed by atoms with Crippen molar-refractivity contribution in [1.29, 1.82) is 0 Å². The molecule has 10 heavy (non-hydrogen) atoms. The van der Waals surface area contributed by atoms with Crippen LogP contribution >= 0.6 is 0 Å². The van der Waals surface area contributed by atoms with Crippen LogP contribution in [-0.2, 0) is 0 Å². The standard InChI is InChI=1S/C9H17N/c1-6(2)7-3-4-10-9-5-8(7)9/h6-10H,3-5H2,1-2H3. The molecule has 1 heteroatoms. The van der Waals surface area contributed by atoms with Gasteiger partial charge in [0.1, 0.15) is 0 Å². The normalized spacial score (nSPS) is 45.3. The average Bonchev–Trinajstić information content (AvgIpc) is 2.63. The highest BCUT2D eigenvalue weighted by atomic mass is 15.0. The van der Waals surface area contributed by atoms with Gasteiger partial charge in [0.05, 0.1) is 0 Å². The first-order chi connectivity index (χ1) is 4.79. The van der Waals surface area contributed by atoms with E-state index in [1.54, 1.807) is 0 Å². The van der Waals surface area contributed by atoms with Crippen LogP contribution in [0.3, 0.4) is 0 Å². The van der Waals surface area contributed by atoms with Gasteiger partial charge in [0.2, 0.25) is 0 Å². The summed E-state index contributed by atoms with van der Waals surface area (Å²) in [6.45, 7) is 6.00. The van der Waals surface area contributed by atoms with Crippen LogP contribution in [0.5, 0.6) is 0 Å². The van der Waals surface area contributed by atoms with E-state index in [-0.39, 0.29) is 0 Å². The van der Waals surface area contributed by atoms with Gasteiger partial charge in [0.15, 0.2) is 0 Å². The number of hydrogen-bond donors (Lipinski definition) is 1. The first-order valence-electron chi connectivity index (χ1n) is 4.52. The van der Waals surface area contributed by atoms with Crippen LogP contribution in [0.25, 0.3) is 0 Å². The van der Waals surface area contributed by atoms with Crippen molar-refractivity contribution >= 4 is 0 Å². The third kappa shape index (κ3) is 0.968. The second-order valence-electron chi connectivity index (χ2n) is 4.16. The van der Waals surface area contributed by atoms with E-state index in [1.807, 2.05) is 0 Å². The third-order valence-corrected chi connectivity index (χ3v) is 3.13.